The Morgan fingerprint density at radius 3 is 2.67 bits per heavy atom. The Hall–Kier alpha value is -1.91. The molecule has 2 heterocycles. The molecule has 24 heavy (non-hydrogen) atoms. The molecule has 3 rings (SSSR count). The minimum atomic E-state index is 0.559. The smallest absolute Gasteiger partial charge is 0.119 e. The highest BCUT2D eigenvalue weighted by molar-refractivity contribution is 5.27. The topological polar surface area (TPSA) is 28.6 Å². The number of rotatable bonds is 6. The zero-order valence-electron chi connectivity index (χ0n) is 14.7. The number of benzene rings is 1. The second kappa shape index (κ2) is 8.27. The van der Waals surface area contributed by atoms with Gasteiger partial charge in [0, 0.05) is 50.2 Å². The van der Waals surface area contributed by atoms with Crippen molar-refractivity contribution in [2.45, 2.75) is 32.5 Å². The van der Waals surface area contributed by atoms with Gasteiger partial charge in [-0.25, -0.2) is 0 Å². The molecule has 0 aliphatic carbocycles. The number of hydrogen-bond acceptors (Lipinski definition) is 4. The SMILES string of the molecule is CCC1CN(C)CCN1Cc1ccc(OCc2cccnc2)cc1. The van der Waals surface area contributed by atoms with E-state index in [-0.39, 0.29) is 0 Å². The number of aromatic nitrogens is 1. The van der Waals surface area contributed by atoms with Crippen molar-refractivity contribution in [1.29, 1.82) is 0 Å². The fourth-order valence-electron chi connectivity index (χ4n) is 3.22. The molecule has 1 unspecified atom stereocenters. The van der Waals surface area contributed by atoms with Crippen molar-refractivity contribution in [2.75, 3.05) is 26.7 Å². The lowest BCUT2D eigenvalue weighted by Crippen LogP contribution is -2.50. The van der Waals surface area contributed by atoms with Gasteiger partial charge in [0.1, 0.15) is 12.4 Å². The number of ether oxygens (including phenoxy) is 1. The predicted molar refractivity (Wildman–Crippen MR) is 97.0 cm³/mol. The molecule has 1 saturated heterocycles. The molecule has 2 aromatic rings. The van der Waals surface area contributed by atoms with E-state index in [1.54, 1.807) is 6.20 Å². The second-order valence-corrected chi connectivity index (χ2v) is 6.59. The summed E-state index contributed by atoms with van der Waals surface area (Å²) in [7, 11) is 2.22. The predicted octanol–water partition coefficient (Wildman–Crippen LogP) is 3.19. The van der Waals surface area contributed by atoms with Gasteiger partial charge in [0.2, 0.25) is 0 Å². The van der Waals surface area contributed by atoms with Gasteiger partial charge >= 0.3 is 0 Å². The van der Waals surface area contributed by atoms with E-state index >= 15 is 0 Å². The van der Waals surface area contributed by atoms with E-state index in [4.69, 9.17) is 4.74 Å². The molecule has 1 aromatic carbocycles. The molecule has 0 saturated carbocycles. The molecule has 1 aliphatic rings. The van der Waals surface area contributed by atoms with Crippen molar-refractivity contribution in [3.05, 3.63) is 59.9 Å². The molecule has 4 heteroatoms. The summed E-state index contributed by atoms with van der Waals surface area (Å²) in [5.41, 5.74) is 2.44. The van der Waals surface area contributed by atoms with E-state index in [1.165, 1.54) is 18.5 Å². The summed E-state index contributed by atoms with van der Waals surface area (Å²) in [6, 6.07) is 13.1. The van der Waals surface area contributed by atoms with Crippen LogP contribution in [0.2, 0.25) is 0 Å². The van der Waals surface area contributed by atoms with Crippen LogP contribution in [0.5, 0.6) is 5.75 Å². The van der Waals surface area contributed by atoms with Gasteiger partial charge in [-0.3, -0.25) is 9.88 Å². The minimum absolute atomic E-state index is 0.559. The van der Waals surface area contributed by atoms with Crippen LogP contribution in [-0.4, -0.2) is 47.5 Å². The van der Waals surface area contributed by atoms with Gasteiger partial charge in [-0.05, 0) is 37.2 Å². The minimum Gasteiger partial charge on any atom is -0.489 e. The molecule has 1 fully saturated rings. The van der Waals surface area contributed by atoms with Crippen LogP contribution in [0.3, 0.4) is 0 Å². The average molecular weight is 325 g/mol. The van der Waals surface area contributed by atoms with Crippen LogP contribution < -0.4 is 4.74 Å². The van der Waals surface area contributed by atoms with Crippen molar-refractivity contribution in [1.82, 2.24) is 14.8 Å². The summed E-state index contributed by atoms with van der Waals surface area (Å²) < 4.78 is 5.83. The quantitative estimate of drug-likeness (QED) is 0.815. The molecule has 128 valence electrons. The maximum absolute atomic E-state index is 5.83. The van der Waals surface area contributed by atoms with Crippen LogP contribution >= 0.6 is 0 Å². The van der Waals surface area contributed by atoms with Crippen molar-refractivity contribution >= 4 is 0 Å². The summed E-state index contributed by atoms with van der Waals surface area (Å²) >= 11 is 0. The van der Waals surface area contributed by atoms with E-state index in [0.717, 1.165) is 30.9 Å². The van der Waals surface area contributed by atoms with Gasteiger partial charge < -0.3 is 9.64 Å². The van der Waals surface area contributed by atoms with Crippen molar-refractivity contribution < 1.29 is 4.74 Å². The van der Waals surface area contributed by atoms with Crippen LogP contribution in [0.4, 0.5) is 0 Å². The number of nitrogens with zero attached hydrogens (tertiary/aromatic N) is 3. The number of piperazine rings is 1. The second-order valence-electron chi connectivity index (χ2n) is 6.59. The Labute approximate surface area is 145 Å². The van der Waals surface area contributed by atoms with E-state index in [2.05, 4.69) is 53.0 Å². The largest absolute Gasteiger partial charge is 0.489 e. The normalized spacial score (nSPS) is 19.3. The molecule has 0 spiro atoms. The molecule has 1 aliphatic heterocycles. The van der Waals surface area contributed by atoms with Crippen molar-refractivity contribution in [3.8, 4) is 5.75 Å². The average Bonchev–Trinajstić information content (AvgIpc) is 2.63. The molecule has 1 atom stereocenters. The molecular formula is C20H27N3O. The number of hydrogen-bond donors (Lipinski definition) is 0. The van der Waals surface area contributed by atoms with Gasteiger partial charge in [-0.2, -0.15) is 0 Å². The zero-order chi connectivity index (χ0) is 16.8. The molecule has 0 radical (unpaired) electrons. The third kappa shape index (κ3) is 4.56. The van der Waals surface area contributed by atoms with Gasteiger partial charge in [-0.1, -0.05) is 25.1 Å². The Bertz CT molecular complexity index is 615. The highest BCUT2D eigenvalue weighted by atomic mass is 16.5. The Kier molecular flexibility index (Phi) is 5.83. The molecule has 0 N–H and O–H groups in total. The Balaban J connectivity index is 1.54. The standard InChI is InChI=1S/C20H27N3O/c1-3-19-15-22(2)11-12-23(19)14-17-6-8-20(9-7-17)24-16-18-5-4-10-21-13-18/h4-10,13,19H,3,11-12,14-16H2,1-2H3. The summed E-state index contributed by atoms with van der Waals surface area (Å²) in [5, 5.41) is 0. The highest BCUT2D eigenvalue weighted by Crippen LogP contribution is 2.18. The first-order valence-corrected chi connectivity index (χ1v) is 8.78. The highest BCUT2D eigenvalue weighted by Gasteiger charge is 2.23. The van der Waals surface area contributed by atoms with E-state index in [1.807, 2.05) is 18.3 Å². The number of likely N-dealkylation sites (N-methyl/N-ethyl adjacent to an activating group) is 1. The monoisotopic (exact) mass is 325 g/mol. The molecule has 0 bridgehead atoms. The zero-order valence-corrected chi connectivity index (χ0v) is 14.7. The lowest BCUT2D eigenvalue weighted by molar-refractivity contribution is 0.0812. The van der Waals surface area contributed by atoms with Crippen LogP contribution in [-0.2, 0) is 13.2 Å². The first-order chi connectivity index (χ1) is 11.7. The summed E-state index contributed by atoms with van der Waals surface area (Å²) in [4.78, 5) is 9.14. The van der Waals surface area contributed by atoms with Crippen LogP contribution in [0, 0.1) is 0 Å². The maximum Gasteiger partial charge on any atom is 0.119 e. The van der Waals surface area contributed by atoms with E-state index in [9.17, 15) is 0 Å². The summed E-state index contributed by atoms with van der Waals surface area (Å²) in [6.45, 7) is 7.34. The van der Waals surface area contributed by atoms with Crippen LogP contribution in [0.25, 0.3) is 0 Å². The molecular weight excluding hydrogens is 298 g/mol. The maximum atomic E-state index is 5.83. The van der Waals surface area contributed by atoms with E-state index in [0.29, 0.717) is 12.6 Å². The fraction of sp³-hybridized carbons (Fsp3) is 0.450. The van der Waals surface area contributed by atoms with E-state index < -0.39 is 0 Å². The fourth-order valence-corrected chi connectivity index (χ4v) is 3.22. The van der Waals surface area contributed by atoms with Crippen molar-refractivity contribution in [2.24, 2.45) is 0 Å². The lowest BCUT2D eigenvalue weighted by atomic mass is 10.1. The summed E-state index contributed by atoms with van der Waals surface area (Å²) in [5.74, 6) is 0.910. The number of pyridine rings is 1. The first kappa shape index (κ1) is 16.9. The van der Waals surface area contributed by atoms with Gasteiger partial charge in [0.15, 0.2) is 0 Å². The van der Waals surface area contributed by atoms with Crippen LogP contribution in [0.1, 0.15) is 24.5 Å². The van der Waals surface area contributed by atoms with Gasteiger partial charge in [-0.15, -0.1) is 0 Å². The third-order valence-corrected chi connectivity index (χ3v) is 4.72. The van der Waals surface area contributed by atoms with Crippen LogP contribution in [0.15, 0.2) is 48.8 Å². The molecule has 1 aromatic heterocycles. The first-order valence-electron chi connectivity index (χ1n) is 8.78. The molecule has 4 nitrogen and oxygen atoms in total. The Morgan fingerprint density at radius 2 is 1.96 bits per heavy atom. The van der Waals surface area contributed by atoms with Gasteiger partial charge in [0.05, 0.1) is 0 Å². The lowest BCUT2D eigenvalue weighted by Gasteiger charge is -2.39. The van der Waals surface area contributed by atoms with Crippen molar-refractivity contribution in [3.63, 3.8) is 0 Å². The third-order valence-electron chi connectivity index (χ3n) is 4.72. The molecule has 0 amide bonds. The Morgan fingerprint density at radius 1 is 1.12 bits per heavy atom. The summed E-state index contributed by atoms with van der Waals surface area (Å²) in [6.07, 6.45) is 4.82. The van der Waals surface area contributed by atoms with Gasteiger partial charge in [0.25, 0.3) is 0 Å².